The van der Waals surface area contributed by atoms with Crippen LogP contribution in [-0.2, 0) is 0 Å². The summed E-state index contributed by atoms with van der Waals surface area (Å²) in [5.41, 5.74) is 3.13. The maximum atomic E-state index is 12.4. The lowest BCUT2D eigenvalue weighted by Crippen LogP contribution is -2.26. The van der Waals surface area contributed by atoms with E-state index in [1.807, 2.05) is 36.4 Å². The van der Waals surface area contributed by atoms with Gasteiger partial charge in [-0.25, -0.2) is 0 Å². The van der Waals surface area contributed by atoms with Gasteiger partial charge in [-0.3, -0.25) is 9.59 Å². The minimum atomic E-state index is -0.145. The quantitative estimate of drug-likeness (QED) is 0.285. The molecule has 0 bridgehead atoms. The van der Waals surface area contributed by atoms with Gasteiger partial charge in [-0.05, 0) is 41.8 Å². The number of methoxy groups -OCH3 is 2. The van der Waals surface area contributed by atoms with Crippen LogP contribution in [0.4, 0.5) is 5.95 Å². The highest BCUT2D eigenvalue weighted by molar-refractivity contribution is 5.95. The molecule has 0 unspecified atom stereocenters. The molecule has 35 heavy (non-hydrogen) atoms. The Morgan fingerprint density at radius 2 is 1.29 bits per heavy atom. The highest BCUT2D eigenvalue weighted by Crippen LogP contribution is 2.13. The first-order chi connectivity index (χ1) is 17.0. The van der Waals surface area contributed by atoms with Gasteiger partial charge in [0, 0.05) is 31.3 Å². The second-order valence-corrected chi connectivity index (χ2v) is 7.33. The molecule has 3 rings (SSSR count). The Kier molecular flexibility index (Phi) is 9.12. The minimum absolute atomic E-state index is 0.116. The standard InChI is InChI=1S/C25H28N6O4/c1-26-21(32)19-11-7-17(8-12-19)5-6-18-9-13-20(14-10-18)22(33)27-15-4-16-28-23-29-24(34-2)31-25(30-23)35-3/h5-14H,4,15-16H2,1-3H3,(H,26,32)(H,27,33)(H,28,29,30,31)/b6-5-. The van der Waals surface area contributed by atoms with Crippen LogP contribution in [0.2, 0.25) is 0 Å². The van der Waals surface area contributed by atoms with E-state index in [4.69, 9.17) is 9.47 Å². The van der Waals surface area contributed by atoms with Crippen LogP contribution in [-0.4, -0.2) is 61.1 Å². The molecule has 0 saturated heterocycles. The van der Waals surface area contributed by atoms with Crippen LogP contribution in [0.25, 0.3) is 12.2 Å². The van der Waals surface area contributed by atoms with Crippen molar-refractivity contribution in [3.8, 4) is 12.0 Å². The van der Waals surface area contributed by atoms with Crippen LogP contribution in [0.15, 0.2) is 48.5 Å². The fraction of sp³-hybridized carbons (Fsp3) is 0.240. The zero-order valence-electron chi connectivity index (χ0n) is 19.9. The minimum Gasteiger partial charge on any atom is -0.467 e. The monoisotopic (exact) mass is 476 g/mol. The molecule has 1 aromatic heterocycles. The number of nitrogens with zero attached hydrogens (tertiary/aromatic N) is 3. The Hall–Kier alpha value is -4.47. The number of anilines is 1. The SMILES string of the molecule is CNC(=O)c1ccc(/C=C\c2ccc(C(=O)NCCCNc3nc(OC)nc(OC)n3)cc2)cc1. The molecule has 3 N–H and O–H groups in total. The molecule has 1 heterocycles. The first-order valence-corrected chi connectivity index (χ1v) is 11.0. The molecule has 3 aromatic rings. The summed E-state index contributed by atoms with van der Waals surface area (Å²) in [7, 11) is 4.53. The molecular formula is C25H28N6O4. The molecular weight excluding hydrogens is 448 g/mol. The summed E-state index contributed by atoms with van der Waals surface area (Å²) in [6.45, 7) is 1.03. The van der Waals surface area contributed by atoms with Crippen LogP contribution in [0, 0.1) is 0 Å². The van der Waals surface area contributed by atoms with E-state index in [9.17, 15) is 9.59 Å². The van der Waals surface area contributed by atoms with Gasteiger partial charge in [0.1, 0.15) is 0 Å². The van der Waals surface area contributed by atoms with Crippen molar-refractivity contribution in [2.45, 2.75) is 6.42 Å². The van der Waals surface area contributed by atoms with Crippen molar-refractivity contribution in [3.63, 3.8) is 0 Å². The summed E-state index contributed by atoms with van der Waals surface area (Å²) >= 11 is 0. The molecule has 0 saturated carbocycles. The Morgan fingerprint density at radius 3 is 1.77 bits per heavy atom. The number of hydrogen-bond donors (Lipinski definition) is 3. The third-order valence-electron chi connectivity index (χ3n) is 4.92. The molecule has 10 nitrogen and oxygen atoms in total. The summed E-state index contributed by atoms with van der Waals surface area (Å²) in [6.07, 6.45) is 4.57. The van der Waals surface area contributed by atoms with Crippen molar-refractivity contribution in [2.75, 3.05) is 39.7 Å². The molecule has 2 amide bonds. The van der Waals surface area contributed by atoms with Gasteiger partial charge in [0.2, 0.25) is 5.95 Å². The first-order valence-electron chi connectivity index (χ1n) is 11.0. The number of benzene rings is 2. The van der Waals surface area contributed by atoms with Crippen LogP contribution >= 0.6 is 0 Å². The van der Waals surface area contributed by atoms with E-state index in [1.165, 1.54) is 14.2 Å². The fourth-order valence-electron chi connectivity index (χ4n) is 3.02. The lowest BCUT2D eigenvalue weighted by atomic mass is 10.1. The van der Waals surface area contributed by atoms with E-state index in [1.54, 1.807) is 31.3 Å². The third-order valence-corrected chi connectivity index (χ3v) is 4.92. The summed E-state index contributed by atoms with van der Waals surface area (Å²) < 4.78 is 10.0. The molecule has 10 heteroatoms. The van der Waals surface area contributed by atoms with Crippen molar-refractivity contribution in [1.82, 2.24) is 25.6 Å². The van der Waals surface area contributed by atoms with E-state index in [2.05, 4.69) is 30.9 Å². The van der Waals surface area contributed by atoms with Gasteiger partial charge in [0.15, 0.2) is 0 Å². The van der Waals surface area contributed by atoms with Gasteiger partial charge in [-0.1, -0.05) is 36.4 Å². The average molecular weight is 477 g/mol. The van der Waals surface area contributed by atoms with Crippen LogP contribution in [0.5, 0.6) is 12.0 Å². The van der Waals surface area contributed by atoms with E-state index in [-0.39, 0.29) is 23.8 Å². The predicted molar refractivity (Wildman–Crippen MR) is 134 cm³/mol. The van der Waals surface area contributed by atoms with Crippen molar-refractivity contribution >= 4 is 29.9 Å². The smallest absolute Gasteiger partial charge is 0.324 e. The molecule has 0 spiro atoms. The Morgan fingerprint density at radius 1 is 0.771 bits per heavy atom. The fourth-order valence-corrected chi connectivity index (χ4v) is 3.02. The van der Waals surface area contributed by atoms with Gasteiger partial charge in [0.25, 0.3) is 11.8 Å². The highest BCUT2D eigenvalue weighted by atomic mass is 16.5. The number of nitrogens with one attached hydrogen (secondary N) is 3. The van der Waals surface area contributed by atoms with E-state index >= 15 is 0 Å². The second-order valence-electron chi connectivity index (χ2n) is 7.33. The maximum absolute atomic E-state index is 12.4. The summed E-state index contributed by atoms with van der Waals surface area (Å²) in [5, 5.41) is 8.55. The van der Waals surface area contributed by atoms with Crippen molar-refractivity contribution in [1.29, 1.82) is 0 Å². The summed E-state index contributed by atoms with van der Waals surface area (Å²) in [4.78, 5) is 36.1. The summed E-state index contributed by atoms with van der Waals surface area (Å²) in [5.74, 6) is 0.0784. The van der Waals surface area contributed by atoms with Gasteiger partial charge in [-0.15, -0.1) is 4.98 Å². The number of ether oxygens (including phenoxy) is 2. The molecule has 0 aliphatic rings. The zero-order valence-corrected chi connectivity index (χ0v) is 19.9. The predicted octanol–water partition coefficient (Wildman–Crippen LogP) is 2.65. The van der Waals surface area contributed by atoms with E-state index in [0.717, 1.165) is 11.1 Å². The summed E-state index contributed by atoms with van der Waals surface area (Å²) in [6, 6.07) is 15.0. The molecule has 0 radical (unpaired) electrons. The number of aromatic nitrogens is 3. The topological polar surface area (TPSA) is 127 Å². The van der Waals surface area contributed by atoms with E-state index < -0.39 is 0 Å². The number of carbonyl (C=O) groups excluding carboxylic acids is 2. The van der Waals surface area contributed by atoms with Gasteiger partial charge >= 0.3 is 12.0 Å². The lowest BCUT2D eigenvalue weighted by Gasteiger charge is -2.08. The second kappa shape index (κ2) is 12.7. The Bertz CT molecular complexity index is 1140. The van der Waals surface area contributed by atoms with Crippen molar-refractivity contribution in [3.05, 3.63) is 70.8 Å². The maximum Gasteiger partial charge on any atom is 0.324 e. The largest absolute Gasteiger partial charge is 0.467 e. The lowest BCUT2D eigenvalue weighted by molar-refractivity contribution is 0.0949. The number of rotatable bonds is 11. The Labute approximate surface area is 203 Å². The third kappa shape index (κ3) is 7.53. The molecule has 0 atom stereocenters. The first kappa shape index (κ1) is 25.2. The molecule has 0 fully saturated rings. The molecule has 2 aromatic carbocycles. The molecule has 182 valence electrons. The normalized spacial score (nSPS) is 10.6. The van der Waals surface area contributed by atoms with Gasteiger partial charge in [0.05, 0.1) is 14.2 Å². The average Bonchev–Trinajstić information content (AvgIpc) is 2.91. The zero-order chi connectivity index (χ0) is 25.0. The van der Waals surface area contributed by atoms with Gasteiger partial charge in [-0.2, -0.15) is 9.97 Å². The number of carbonyl (C=O) groups is 2. The number of amides is 2. The van der Waals surface area contributed by atoms with Crippen molar-refractivity contribution < 1.29 is 19.1 Å². The van der Waals surface area contributed by atoms with Crippen molar-refractivity contribution in [2.24, 2.45) is 0 Å². The Balaban J connectivity index is 1.43. The van der Waals surface area contributed by atoms with Crippen LogP contribution in [0.1, 0.15) is 38.3 Å². The molecule has 0 aliphatic carbocycles. The van der Waals surface area contributed by atoms with E-state index in [0.29, 0.717) is 36.6 Å². The van der Waals surface area contributed by atoms with Crippen LogP contribution in [0.3, 0.4) is 0 Å². The van der Waals surface area contributed by atoms with Gasteiger partial charge < -0.3 is 25.4 Å². The molecule has 0 aliphatic heterocycles. The number of hydrogen-bond acceptors (Lipinski definition) is 8. The highest BCUT2D eigenvalue weighted by Gasteiger charge is 2.07. The van der Waals surface area contributed by atoms with Crippen LogP contribution < -0.4 is 25.4 Å².